The third-order valence-corrected chi connectivity index (χ3v) is 12.3. The largest absolute Gasteiger partial charge is 0.451 e. The summed E-state index contributed by atoms with van der Waals surface area (Å²) in [5, 5.41) is 2.37. The first-order chi connectivity index (χ1) is 21.6. The highest BCUT2D eigenvalue weighted by Gasteiger charge is 2.40. The molecule has 7 atom stereocenters. The number of nitrogens with one attached hydrogen (secondary N) is 2. The number of carbonyl (C=O) groups is 6. The summed E-state index contributed by atoms with van der Waals surface area (Å²) in [4.78, 5) is 72.5. The van der Waals surface area contributed by atoms with Crippen LogP contribution in [0, 0.1) is 0 Å². The highest BCUT2D eigenvalue weighted by Crippen LogP contribution is 2.42. The van der Waals surface area contributed by atoms with Crippen molar-refractivity contribution in [2.75, 3.05) is 6.54 Å². The predicted octanol–water partition coefficient (Wildman–Crippen LogP) is 0.448. The number of amides is 1. The Balaban J connectivity index is 1.96. The van der Waals surface area contributed by atoms with E-state index in [2.05, 4.69) is 10.1 Å². The number of esters is 5. The first-order valence-electron chi connectivity index (χ1n) is 14.3. The van der Waals surface area contributed by atoms with Gasteiger partial charge in [-0.25, -0.2) is 40.7 Å². The molecule has 20 heteroatoms. The zero-order valence-electron chi connectivity index (χ0n) is 26.9. The van der Waals surface area contributed by atoms with Gasteiger partial charge in [-0.05, 0) is 60.6 Å². The number of thiophene rings is 1. The summed E-state index contributed by atoms with van der Waals surface area (Å²) in [7, 11) is -8.37. The van der Waals surface area contributed by atoms with Gasteiger partial charge in [0.1, 0.15) is 8.42 Å². The Morgan fingerprint density at radius 3 is 1.68 bits per heavy atom. The molecule has 0 radical (unpaired) electrons. The van der Waals surface area contributed by atoms with E-state index in [9.17, 15) is 45.6 Å². The highest BCUT2D eigenvalue weighted by atomic mass is 32.3. The van der Waals surface area contributed by atoms with Crippen LogP contribution in [-0.4, -0.2) is 94.9 Å². The van der Waals surface area contributed by atoms with Crippen LogP contribution in [0.3, 0.4) is 0 Å². The summed E-state index contributed by atoms with van der Waals surface area (Å²) in [6.07, 6.45) is -7.51. The van der Waals surface area contributed by atoms with Crippen molar-refractivity contribution in [1.29, 1.82) is 0 Å². The quantitative estimate of drug-likeness (QED) is 0.195. The maximum atomic E-state index is 13.0. The van der Waals surface area contributed by atoms with E-state index < -0.39 is 102 Å². The van der Waals surface area contributed by atoms with Gasteiger partial charge in [0.15, 0.2) is 40.4 Å². The maximum absolute atomic E-state index is 13.0. The van der Waals surface area contributed by atoms with Gasteiger partial charge in [0.05, 0.1) is 5.25 Å². The second kappa shape index (κ2) is 16.0. The number of rotatable bonds is 14. The average molecular weight is 727 g/mol. The molecular formula is C27H38N2O15S3. The SMILES string of the molecule is CCN[C@H]1C[C@H](C)S(=O)(=O)c2sc(S(=O)(=O)NC(=O)[C@H](C)OC(=O)[C@H](C)OC(=O)[C@H](C)OC(=O)[C@H](C)OC(=O)[C@H](C)OC(C)=O)cc21. The third kappa shape index (κ3) is 10.2. The van der Waals surface area contributed by atoms with Gasteiger partial charge in [0.25, 0.3) is 15.9 Å². The molecule has 1 amide bonds. The number of hydrogen-bond donors (Lipinski definition) is 2. The molecule has 1 aromatic heterocycles. The topological polar surface area (TPSA) is 241 Å². The van der Waals surface area contributed by atoms with Gasteiger partial charge in [0, 0.05) is 18.5 Å². The number of hydrogen-bond acceptors (Lipinski definition) is 17. The molecule has 2 heterocycles. The molecule has 2 rings (SSSR count). The van der Waals surface area contributed by atoms with Crippen LogP contribution in [0.2, 0.25) is 0 Å². The summed E-state index contributed by atoms with van der Waals surface area (Å²) in [6, 6.07) is 0.774. The van der Waals surface area contributed by atoms with Gasteiger partial charge in [0.2, 0.25) is 0 Å². The Labute approximate surface area is 275 Å². The molecule has 0 saturated heterocycles. The Morgan fingerprint density at radius 1 is 0.830 bits per heavy atom. The van der Waals surface area contributed by atoms with Crippen LogP contribution in [0.25, 0.3) is 0 Å². The number of fused-ring (bicyclic) bond motifs is 1. The molecule has 0 fully saturated rings. The molecule has 47 heavy (non-hydrogen) atoms. The van der Waals surface area contributed by atoms with Gasteiger partial charge in [-0.2, -0.15) is 0 Å². The molecule has 1 aliphatic heterocycles. The Kier molecular flexibility index (Phi) is 13.5. The van der Waals surface area contributed by atoms with Gasteiger partial charge in [-0.15, -0.1) is 11.3 Å². The van der Waals surface area contributed by atoms with E-state index in [4.69, 9.17) is 18.9 Å². The van der Waals surface area contributed by atoms with Crippen molar-refractivity contribution in [2.45, 2.75) is 112 Å². The van der Waals surface area contributed by atoms with E-state index in [1.54, 1.807) is 4.72 Å². The van der Waals surface area contributed by atoms with Crippen LogP contribution in [0.1, 0.15) is 73.4 Å². The molecule has 0 spiro atoms. The Bertz CT molecular complexity index is 1600. The van der Waals surface area contributed by atoms with Gasteiger partial charge in [-0.3, -0.25) is 9.59 Å². The maximum Gasteiger partial charge on any atom is 0.347 e. The molecule has 264 valence electrons. The van der Waals surface area contributed by atoms with Crippen LogP contribution < -0.4 is 10.0 Å². The molecule has 0 saturated carbocycles. The van der Waals surface area contributed by atoms with Crippen molar-refractivity contribution in [3.05, 3.63) is 11.6 Å². The molecule has 0 aliphatic carbocycles. The lowest BCUT2D eigenvalue weighted by Gasteiger charge is -2.27. The minimum Gasteiger partial charge on any atom is -0.451 e. The summed E-state index contributed by atoms with van der Waals surface area (Å²) in [6.45, 7) is 10.5. The molecule has 0 bridgehead atoms. The minimum absolute atomic E-state index is 0.116. The average Bonchev–Trinajstić information content (AvgIpc) is 3.43. The molecule has 0 aromatic carbocycles. The van der Waals surface area contributed by atoms with Crippen molar-refractivity contribution >= 4 is 67.0 Å². The van der Waals surface area contributed by atoms with E-state index in [-0.39, 0.29) is 16.2 Å². The zero-order valence-corrected chi connectivity index (χ0v) is 29.3. The molecular weight excluding hydrogens is 688 g/mol. The van der Waals surface area contributed by atoms with Crippen molar-refractivity contribution in [3.63, 3.8) is 0 Å². The van der Waals surface area contributed by atoms with E-state index in [1.807, 2.05) is 6.92 Å². The van der Waals surface area contributed by atoms with Gasteiger partial charge < -0.3 is 29.0 Å². The first kappa shape index (κ1) is 39.6. The fourth-order valence-electron chi connectivity index (χ4n) is 4.01. The molecule has 2 N–H and O–H groups in total. The number of ether oxygens (including phenoxy) is 5. The Hall–Kier alpha value is -3.62. The third-order valence-electron chi connectivity index (χ3n) is 6.60. The summed E-state index contributed by atoms with van der Waals surface area (Å²) in [5.74, 6) is -6.68. The van der Waals surface area contributed by atoms with E-state index in [1.165, 1.54) is 19.9 Å². The van der Waals surface area contributed by atoms with Crippen molar-refractivity contribution in [3.8, 4) is 0 Å². The standard InChI is InChI=1S/C27H38N2O15S3/c1-9-28-20-10-12(2)46(36,37)27-19(20)11-21(45-27)47(38,39)29-22(31)13(3)41-24(33)15(5)43-26(35)17(7)44-25(34)16(6)42-23(32)14(4)40-18(8)30/h11-17,20,28H,9-10H2,1-8H3,(H,29,31)/t12-,13-,14-,15-,16-,17-,20-/m0/s1. The zero-order chi connectivity index (χ0) is 36.0. The minimum atomic E-state index is -4.58. The second-order valence-electron chi connectivity index (χ2n) is 10.5. The van der Waals surface area contributed by atoms with E-state index in [0.29, 0.717) is 17.9 Å². The predicted molar refractivity (Wildman–Crippen MR) is 161 cm³/mol. The van der Waals surface area contributed by atoms with Crippen LogP contribution in [0.15, 0.2) is 14.5 Å². The lowest BCUT2D eigenvalue weighted by atomic mass is 10.1. The first-order valence-corrected chi connectivity index (χ1v) is 18.1. The van der Waals surface area contributed by atoms with Crippen molar-refractivity contribution < 1.29 is 69.3 Å². The van der Waals surface area contributed by atoms with Crippen molar-refractivity contribution in [1.82, 2.24) is 10.0 Å². The smallest absolute Gasteiger partial charge is 0.347 e. The lowest BCUT2D eigenvalue weighted by Crippen LogP contribution is -2.41. The van der Waals surface area contributed by atoms with Crippen LogP contribution in [-0.2, 0) is 72.3 Å². The number of carbonyl (C=O) groups excluding carboxylic acids is 6. The van der Waals surface area contributed by atoms with E-state index in [0.717, 1.165) is 34.6 Å². The summed E-state index contributed by atoms with van der Waals surface area (Å²) in [5.41, 5.74) is 0.280. The van der Waals surface area contributed by atoms with Crippen LogP contribution in [0.5, 0.6) is 0 Å². The lowest BCUT2D eigenvalue weighted by molar-refractivity contribution is -0.185. The molecule has 1 aliphatic rings. The normalized spacial score (nSPS) is 20.2. The summed E-state index contributed by atoms with van der Waals surface area (Å²) >= 11 is 0.502. The molecule has 1 aromatic rings. The highest BCUT2D eigenvalue weighted by molar-refractivity contribution is 7.95. The second-order valence-corrected chi connectivity index (χ2v) is 16.1. The van der Waals surface area contributed by atoms with Crippen LogP contribution in [0.4, 0.5) is 0 Å². The van der Waals surface area contributed by atoms with Gasteiger partial charge >= 0.3 is 29.8 Å². The van der Waals surface area contributed by atoms with Gasteiger partial charge in [-0.1, -0.05) is 6.92 Å². The molecule has 0 unspecified atom stereocenters. The molecule has 17 nitrogen and oxygen atoms in total. The van der Waals surface area contributed by atoms with Crippen molar-refractivity contribution in [2.24, 2.45) is 0 Å². The Morgan fingerprint density at radius 2 is 1.26 bits per heavy atom. The fourth-order valence-corrected chi connectivity index (χ4v) is 9.05. The van der Waals surface area contributed by atoms with E-state index >= 15 is 0 Å². The number of sulfone groups is 1. The van der Waals surface area contributed by atoms with Crippen LogP contribution >= 0.6 is 11.3 Å². The number of sulfonamides is 1. The fraction of sp³-hybridized carbons (Fsp3) is 0.630. The monoisotopic (exact) mass is 726 g/mol. The summed E-state index contributed by atoms with van der Waals surface area (Å²) < 4.78 is 77.1.